The van der Waals surface area contributed by atoms with E-state index in [2.05, 4.69) is 72.3 Å². The van der Waals surface area contributed by atoms with Crippen molar-refractivity contribution >= 4 is 0 Å². The van der Waals surface area contributed by atoms with Crippen molar-refractivity contribution in [3.8, 4) is 0 Å². The van der Waals surface area contributed by atoms with Crippen LogP contribution in [0, 0.1) is 35.5 Å². The average Bonchev–Trinajstić information content (AvgIpc) is 2.80. The Morgan fingerprint density at radius 1 is 0.647 bits per heavy atom. The van der Waals surface area contributed by atoms with Crippen molar-refractivity contribution in [3.63, 3.8) is 0 Å². The molecule has 0 aromatic carbocycles. The van der Waals surface area contributed by atoms with Crippen molar-refractivity contribution in [2.24, 2.45) is 40.6 Å². The zero-order valence-electron chi connectivity index (χ0n) is 22.8. The van der Waals surface area contributed by atoms with Crippen LogP contribution in [0.2, 0.25) is 0 Å². The molecule has 34 heavy (non-hydrogen) atoms. The molecule has 0 saturated carbocycles. The molecule has 6 unspecified atom stereocenters. The van der Waals surface area contributed by atoms with Crippen LogP contribution in [-0.4, -0.2) is 55.2 Å². The van der Waals surface area contributed by atoms with Gasteiger partial charge in [0, 0.05) is 10.8 Å². The Labute approximate surface area is 206 Å². The Morgan fingerprint density at radius 2 is 1.24 bits per heavy atom. The second-order valence-electron chi connectivity index (χ2n) is 11.3. The lowest BCUT2D eigenvalue weighted by atomic mass is 9.79. The molecule has 0 aromatic rings. The van der Waals surface area contributed by atoms with Crippen LogP contribution in [0.25, 0.3) is 10.4 Å². The van der Waals surface area contributed by atoms with Crippen molar-refractivity contribution in [2.75, 3.05) is 0 Å². The van der Waals surface area contributed by atoms with Gasteiger partial charge in [-0.15, -0.1) is 0 Å². The van der Waals surface area contributed by atoms with Gasteiger partial charge in [-0.3, -0.25) is 0 Å². The molecule has 8 nitrogen and oxygen atoms in total. The minimum Gasteiger partial charge on any atom is -0.373 e. The van der Waals surface area contributed by atoms with E-state index in [0.29, 0.717) is 23.7 Å². The predicted octanol–water partition coefficient (Wildman–Crippen LogP) is 5.94. The summed E-state index contributed by atoms with van der Waals surface area (Å²) in [7, 11) is 0. The van der Waals surface area contributed by atoms with Crippen LogP contribution in [-0.2, 0) is 23.7 Å². The van der Waals surface area contributed by atoms with Crippen molar-refractivity contribution in [2.45, 2.75) is 131 Å². The molecule has 0 radical (unpaired) electrons. The summed E-state index contributed by atoms with van der Waals surface area (Å²) in [6.45, 7) is 21.5. The fourth-order valence-corrected chi connectivity index (χ4v) is 5.99. The van der Waals surface area contributed by atoms with E-state index >= 15 is 0 Å². The number of rotatable bonds is 6. The first-order chi connectivity index (χ1) is 16.0. The van der Waals surface area contributed by atoms with Crippen LogP contribution in [0.4, 0.5) is 0 Å². The first-order valence-corrected chi connectivity index (χ1v) is 13.3. The summed E-state index contributed by atoms with van der Waals surface area (Å²) >= 11 is 0. The lowest BCUT2D eigenvalue weighted by Gasteiger charge is -2.50. The second kappa shape index (κ2) is 11.4. The lowest BCUT2D eigenvalue weighted by Crippen LogP contribution is -2.59. The van der Waals surface area contributed by atoms with Gasteiger partial charge in [0.1, 0.15) is 0 Å². The van der Waals surface area contributed by atoms with Crippen LogP contribution >= 0.6 is 0 Å². The van der Waals surface area contributed by atoms with Crippen molar-refractivity contribution < 1.29 is 23.7 Å². The highest BCUT2D eigenvalue weighted by atomic mass is 16.7. The quantitative estimate of drug-likeness (QED) is 0.266. The third kappa shape index (κ3) is 5.42. The van der Waals surface area contributed by atoms with Gasteiger partial charge < -0.3 is 23.7 Å². The molecular weight excluding hydrogens is 434 g/mol. The van der Waals surface area contributed by atoms with E-state index in [9.17, 15) is 5.53 Å². The summed E-state index contributed by atoms with van der Waals surface area (Å²) in [4.78, 5) is 3.15. The van der Waals surface area contributed by atoms with E-state index in [1.165, 1.54) is 0 Å². The maximum absolute atomic E-state index is 9.37. The first kappa shape index (κ1) is 27.7. The molecular formula is C26H47N3O5. The van der Waals surface area contributed by atoms with Crippen molar-refractivity contribution in [1.82, 2.24) is 0 Å². The normalized spacial score (nSPS) is 52.1. The Balaban J connectivity index is 1.79. The molecule has 0 amide bonds. The van der Waals surface area contributed by atoms with Gasteiger partial charge in [-0.1, -0.05) is 53.6 Å². The molecule has 0 aliphatic carbocycles. The van der Waals surface area contributed by atoms with Crippen LogP contribution in [0.15, 0.2) is 5.11 Å². The highest BCUT2D eigenvalue weighted by Crippen LogP contribution is 2.41. The number of ether oxygens (including phenoxy) is 5. The summed E-state index contributed by atoms with van der Waals surface area (Å²) in [6, 6.07) is -0.500. The SMILES string of the molecule is CCC1O[C@@H](O[C@@H]2C(C)O[C@@H](C)C(C)[C@H]2C)C(N=[N+]=[N-])[C@@H](C)[C@@H]1O[C@@H]1OC(C)[C@@H](C)[C@@H](C)C1C. The van der Waals surface area contributed by atoms with Gasteiger partial charge in [0.05, 0.1) is 42.7 Å². The molecule has 3 aliphatic heterocycles. The maximum atomic E-state index is 9.37. The van der Waals surface area contributed by atoms with Crippen LogP contribution in [0.3, 0.4) is 0 Å². The summed E-state index contributed by atoms with van der Waals surface area (Å²) in [5.74, 6) is 1.77. The largest absolute Gasteiger partial charge is 0.373 e. The molecule has 3 rings (SSSR count). The van der Waals surface area contributed by atoms with Crippen molar-refractivity contribution in [1.29, 1.82) is 0 Å². The predicted molar refractivity (Wildman–Crippen MR) is 131 cm³/mol. The molecule has 0 spiro atoms. The lowest BCUT2D eigenvalue weighted by molar-refractivity contribution is -0.328. The van der Waals surface area contributed by atoms with E-state index in [1.807, 2.05) is 6.92 Å². The van der Waals surface area contributed by atoms with Gasteiger partial charge in [0.15, 0.2) is 12.6 Å². The van der Waals surface area contributed by atoms with E-state index in [1.54, 1.807) is 0 Å². The molecule has 0 bridgehead atoms. The molecule has 8 heteroatoms. The Kier molecular flexibility index (Phi) is 9.32. The Morgan fingerprint density at radius 3 is 1.85 bits per heavy atom. The van der Waals surface area contributed by atoms with Gasteiger partial charge in [-0.25, -0.2) is 0 Å². The first-order valence-electron chi connectivity index (χ1n) is 13.3. The van der Waals surface area contributed by atoms with E-state index in [-0.39, 0.29) is 54.7 Å². The molecule has 15 atom stereocenters. The summed E-state index contributed by atoms with van der Waals surface area (Å²) < 4.78 is 32.1. The fraction of sp³-hybridized carbons (Fsp3) is 1.00. The van der Waals surface area contributed by atoms with Gasteiger partial charge in [-0.2, -0.15) is 0 Å². The maximum Gasteiger partial charge on any atom is 0.167 e. The zero-order chi connectivity index (χ0) is 25.3. The highest BCUT2D eigenvalue weighted by Gasteiger charge is 2.49. The van der Waals surface area contributed by atoms with E-state index < -0.39 is 12.3 Å². The monoisotopic (exact) mass is 481 g/mol. The molecule has 0 N–H and O–H groups in total. The van der Waals surface area contributed by atoms with Gasteiger partial charge in [-0.05, 0) is 62.3 Å². The van der Waals surface area contributed by atoms with Crippen LogP contribution < -0.4 is 0 Å². The van der Waals surface area contributed by atoms with E-state index in [4.69, 9.17) is 23.7 Å². The third-order valence-corrected chi connectivity index (χ3v) is 9.34. The number of azide groups is 1. The standard InChI is InChI=1S/C26H47N3O5/c1-11-21-24(34-25-16(6)12(2)13(3)19(9)31-25)17(7)22(28-29-27)26(32-21)33-23-15(5)14(4)18(8)30-20(23)10/h12-26H,11H2,1-10H3/t12-,13+,14?,15-,16?,17-,18+,19?,20?,21?,22?,23+,24+,25+,26+/m1/s1. The summed E-state index contributed by atoms with van der Waals surface area (Å²) in [6.07, 6.45) is -0.535. The summed E-state index contributed by atoms with van der Waals surface area (Å²) in [5, 5.41) is 4.14. The molecule has 3 aliphatic rings. The average molecular weight is 482 g/mol. The molecule has 0 aromatic heterocycles. The topological polar surface area (TPSA) is 94.9 Å². The van der Waals surface area contributed by atoms with Crippen LogP contribution in [0.5, 0.6) is 0 Å². The molecule has 3 fully saturated rings. The molecule has 3 heterocycles. The van der Waals surface area contributed by atoms with Crippen molar-refractivity contribution in [3.05, 3.63) is 10.4 Å². The van der Waals surface area contributed by atoms with Gasteiger partial charge in [0.2, 0.25) is 0 Å². The summed E-state index contributed by atoms with van der Waals surface area (Å²) in [5.41, 5.74) is 9.37. The Bertz CT molecular complexity index is 719. The molecule has 3 saturated heterocycles. The smallest absolute Gasteiger partial charge is 0.167 e. The zero-order valence-corrected chi connectivity index (χ0v) is 22.8. The second-order valence-corrected chi connectivity index (χ2v) is 11.3. The van der Waals surface area contributed by atoms with Gasteiger partial charge >= 0.3 is 0 Å². The van der Waals surface area contributed by atoms with Crippen LogP contribution in [0.1, 0.15) is 75.7 Å². The number of hydrogen-bond acceptors (Lipinski definition) is 6. The minimum atomic E-state index is -0.641. The number of hydrogen-bond donors (Lipinski definition) is 0. The van der Waals surface area contributed by atoms with E-state index in [0.717, 1.165) is 6.42 Å². The minimum absolute atomic E-state index is 0.0673. The highest BCUT2D eigenvalue weighted by molar-refractivity contribution is 4.95. The molecule has 196 valence electrons. The third-order valence-electron chi connectivity index (χ3n) is 9.34. The Hall–Kier alpha value is -0.890. The van der Waals surface area contributed by atoms with Gasteiger partial charge in [0.25, 0.3) is 0 Å². The number of nitrogens with zero attached hydrogens (tertiary/aromatic N) is 3. The fourth-order valence-electron chi connectivity index (χ4n) is 5.99.